The lowest BCUT2D eigenvalue weighted by Gasteiger charge is -2.27. The monoisotopic (exact) mass is 394 g/mol. The summed E-state index contributed by atoms with van der Waals surface area (Å²) < 4.78 is 0. The zero-order valence-electron chi connectivity index (χ0n) is 14.4. The first-order valence-electron chi connectivity index (χ1n) is 8.72. The molecule has 0 bridgehead atoms. The summed E-state index contributed by atoms with van der Waals surface area (Å²) in [4.78, 5) is 27.1. The van der Waals surface area contributed by atoms with Gasteiger partial charge in [0.05, 0.1) is 10.3 Å². The molecule has 7 nitrogen and oxygen atoms in total. The maximum atomic E-state index is 12.5. The fourth-order valence-corrected chi connectivity index (χ4v) is 4.19. The molecule has 0 unspecified atom stereocenters. The molecule has 140 valence electrons. The summed E-state index contributed by atoms with van der Waals surface area (Å²) in [5, 5.41) is 7.50. The quantitative estimate of drug-likeness (QED) is 0.735. The Morgan fingerprint density at radius 2 is 2.31 bits per heavy atom. The number of anilines is 1. The SMILES string of the molecule is Cl.O=C(NC[C@@H]1CCCCN1)C1=CN(c2ncnc3[nH]ccc23)CCS1. The third kappa shape index (κ3) is 4.13. The van der Waals surface area contributed by atoms with Gasteiger partial charge in [0.15, 0.2) is 0 Å². The summed E-state index contributed by atoms with van der Waals surface area (Å²) in [5.41, 5.74) is 0.811. The molecule has 0 aliphatic carbocycles. The summed E-state index contributed by atoms with van der Waals surface area (Å²) in [7, 11) is 0. The molecule has 4 rings (SSSR count). The minimum atomic E-state index is 0. The van der Waals surface area contributed by atoms with Crippen LogP contribution in [0, 0.1) is 0 Å². The molecule has 2 aliphatic rings. The summed E-state index contributed by atoms with van der Waals surface area (Å²) in [6, 6.07) is 2.36. The van der Waals surface area contributed by atoms with Gasteiger partial charge >= 0.3 is 0 Å². The van der Waals surface area contributed by atoms with Gasteiger partial charge in [-0.3, -0.25) is 4.79 Å². The number of nitrogens with zero attached hydrogens (tertiary/aromatic N) is 3. The maximum absolute atomic E-state index is 12.5. The maximum Gasteiger partial charge on any atom is 0.259 e. The Morgan fingerprint density at radius 3 is 3.15 bits per heavy atom. The van der Waals surface area contributed by atoms with Crippen LogP contribution in [0.2, 0.25) is 0 Å². The van der Waals surface area contributed by atoms with Crippen LogP contribution in [0.15, 0.2) is 29.7 Å². The van der Waals surface area contributed by atoms with Crippen LogP contribution < -0.4 is 15.5 Å². The fourth-order valence-electron chi connectivity index (χ4n) is 3.28. The number of carbonyl (C=O) groups excluding carboxylic acids is 1. The first-order valence-corrected chi connectivity index (χ1v) is 9.71. The van der Waals surface area contributed by atoms with Crippen molar-refractivity contribution in [2.24, 2.45) is 0 Å². The van der Waals surface area contributed by atoms with Gasteiger partial charge in [-0.05, 0) is 25.5 Å². The molecule has 1 amide bonds. The van der Waals surface area contributed by atoms with Crippen molar-refractivity contribution in [2.45, 2.75) is 25.3 Å². The van der Waals surface area contributed by atoms with Crippen LogP contribution in [0.1, 0.15) is 19.3 Å². The molecule has 2 aliphatic heterocycles. The number of hydrogen-bond donors (Lipinski definition) is 3. The van der Waals surface area contributed by atoms with E-state index < -0.39 is 0 Å². The van der Waals surface area contributed by atoms with Crippen molar-refractivity contribution >= 4 is 46.9 Å². The Balaban J connectivity index is 0.00000196. The molecule has 0 aromatic carbocycles. The van der Waals surface area contributed by atoms with E-state index in [1.54, 1.807) is 18.1 Å². The molecule has 1 saturated heterocycles. The lowest BCUT2D eigenvalue weighted by atomic mass is 10.1. The highest BCUT2D eigenvalue weighted by molar-refractivity contribution is 8.04. The first kappa shape index (κ1) is 19.0. The van der Waals surface area contributed by atoms with Gasteiger partial charge in [0.2, 0.25) is 0 Å². The van der Waals surface area contributed by atoms with Crippen LogP contribution in [0.4, 0.5) is 5.82 Å². The molecule has 3 N–H and O–H groups in total. The largest absolute Gasteiger partial charge is 0.350 e. The number of aromatic amines is 1. The number of nitrogens with one attached hydrogen (secondary N) is 3. The second-order valence-electron chi connectivity index (χ2n) is 6.33. The van der Waals surface area contributed by atoms with E-state index in [1.807, 2.05) is 23.4 Å². The number of carbonyl (C=O) groups is 1. The van der Waals surface area contributed by atoms with Gasteiger partial charge in [-0.15, -0.1) is 24.2 Å². The van der Waals surface area contributed by atoms with E-state index in [1.165, 1.54) is 12.8 Å². The highest BCUT2D eigenvalue weighted by Gasteiger charge is 2.21. The Bertz CT molecular complexity index is 788. The normalized spacial score (nSPS) is 20.4. The van der Waals surface area contributed by atoms with Crippen LogP contribution in [0.25, 0.3) is 11.0 Å². The van der Waals surface area contributed by atoms with Crippen LogP contribution in [-0.2, 0) is 4.79 Å². The van der Waals surface area contributed by atoms with Crippen molar-refractivity contribution < 1.29 is 4.79 Å². The molecule has 2 aromatic heterocycles. The van der Waals surface area contributed by atoms with E-state index in [4.69, 9.17) is 0 Å². The standard InChI is InChI=1S/C17H22N6OS.ClH/c24-17(20-9-12-3-1-2-5-18-12)14-10-23(7-8-25-14)16-13-4-6-19-15(13)21-11-22-16;/h4,6,10-12,18H,1-3,5,7-9H2,(H,20,24)(H,19,21,22);1H/t12-;/m0./s1. The summed E-state index contributed by atoms with van der Waals surface area (Å²) in [6.07, 6.45) is 8.91. The molecule has 26 heavy (non-hydrogen) atoms. The van der Waals surface area contributed by atoms with Crippen LogP contribution in [0.5, 0.6) is 0 Å². The van der Waals surface area contributed by atoms with Gasteiger partial charge in [0.1, 0.15) is 17.8 Å². The van der Waals surface area contributed by atoms with Crippen molar-refractivity contribution in [1.29, 1.82) is 0 Å². The Hall–Kier alpha value is -1.77. The average Bonchev–Trinajstić information content (AvgIpc) is 3.16. The number of rotatable bonds is 4. The van der Waals surface area contributed by atoms with E-state index in [2.05, 4.69) is 25.6 Å². The predicted molar refractivity (Wildman–Crippen MR) is 108 cm³/mol. The van der Waals surface area contributed by atoms with Gasteiger partial charge in [-0.25, -0.2) is 9.97 Å². The molecule has 1 atom stereocenters. The highest BCUT2D eigenvalue weighted by Crippen LogP contribution is 2.28. The van der Waals surface area contributed by atoms with Crippen LogP contribution in [0.3, 0.4) is 0 Å². The highest BCUT2D eigenvalue weighted by atomic mass is 35.5. The molecule has 4 heterocycles. The van der Waals surface area contributed by atoms with E-state index in [0.29, 0.717) is 12.6 Å². The number of hydrogen-bond acceptors (Lipinski definition) is 6. The minimum absolute atomic E-state index is 0. The van der Waals surface area contributed by atoms with Crippen molar-refractivity contribution in [2.75, 3.05) is 30.3 Å². The number of H-pyrrole nitrogens is 1. The van der Waals surface area contributed by atoms with Crippen LogP contribution in [-0.4, -0.2) is 52.3 Å². The molecule has 9 heteroatoms. The van der Waals surface area contributed by atoms with Gasteiger partial charge in [0.25, 0.3) is 5.91 Å². The average molecular weight is 395 g/mol. The predicted octanol–water partition coefficient (Wildman–Crippen LogP) is 2.03. The molecule has 0 radical (unpaired) electrons. The van der Waals surface area contributed by atoms with E-state index in [9.17, 15) is 4.79 Å². The van der Waals surface area contributed by atoms with E-state index in [0.717, 1.165) is 47.0 Å². The van der Waals surface area contributed by atoms with Crippen molar-refractivity contribution in [3.63, 3.8) is 0 Å². The Morgan fingerprint density at radius 1 is 1.38 bits per heavy atom. The fraction of sp³-hybridized carbons (Fsp3) is 0.471. The third-order valence-electron chi connectivity index (χ3n) is 4.61. The zero-order chi connectivity index (χ0) is 17.1. The second kappa shape index (κ2) is 8.75. The Kier molecular flexibility index (Phi) is 6.39. The second-order valence-corrected chi connectivity index (χ2v) is 7.47. The lowest BCUT2D eigenvalue weighted by Crippen LogP contribution is -2.44. The summed E-state index contributed by atoms with van der Waals surface area (Å²) >= 11 is 1.60. The molecular weight excluding hydrogens is 372 g/mol. The Labute approximate surface area is 162 Å². The van der Waals surface area contributed by atoms with Gasteiger partial charge in [-0.2, -0.15) is 0 Å². The van der Waals surface area contributed by atoms with Gasteiger partial charge in [0, 0.05) is 37.3 Å². The smallest absolute Gasteiger partial charge is 0.259 e. The van der Waals surface area contributed by atoms with Crippen LogP contribution >= 0.6 is 24.2 Å². The van der Waals surface area contributed by atoms with Crippen molar-refractivity contribution in [3.05, 3.63) is 29.7 Å². The summed E-state index contributed by atoms with van der Waals surface area (Å²) in [6.45, 7) is 2.56. The molecule has 1 fully saturated rings. The summed E-state index contributed by atoms with van der Waals surface area (Å²) in [5.74, 6) is 1.70. The number of piperidine rings is 1. The first-order chi connectivity index (χ1) is 12.3. The third-order valence-corrected chi connectivity index (χ3v) is 5.60. The number of fused-ring (bicyclic) bond motifs is 1. The van der Waals surface area contributed by atoms with Crippen molar-refractivity contribution in [1.82, 2.24) is 25.6 Å². The van der Waals surface area contributed by atoms with E-state index >= 15 is 0 Å². The van der Waals surface area contributed by atoms with Gasteiger partial charge < -0.3 is 20.5 Å². The molecule has 2 aromatic rings. The minimum Gasteiger partial charge on any atom is -0.350 e. The topological polar surface area (TPSA) is 85.9 Å². The van der Waals surface area contributed by atoms with Gasteiger partial charge in [-0.1, -0.05) is 6.42 Å². The zero-order valence-corrected chi connectivity index (χ0v) is 16.0. The van der Waals surface area contributed by atoms with E-state index in [-0.39, 0.29) is 18.3 Å². The molecular formula is C17H23ClN6OS. The number of halogens is 1. The molecule has 0 saturated carbocycles. The lowest BCUT2D eigenvalue weighted by molar-refractivity contribution is -0.116. The number of thioether (sulfide) groups is 1. The molecule has 0 spiro atoms. The number of amides is 1. The number of aromatic nitrogens is 3. The van der Waals surface area contributed by atoms with Crippen molar-refractivity contribution in [3.8, 4) is 0 Å².